The van der Waals surface area contributed by atoms with E-state index in [9.17, 15) is 0 Å². The van der Waals surface area contributed by atoms with Crippen molar-refractivity contribution in [1.82, 2.24) is 10.6 Å². The number of methoxy groups -OCH3 is 1. The lowest BCUT2D eigenvalue weighted by atomic mass is 9.89. The van der Waals surface area contributed by atoms with Crippen molar-refractivity contribution in [3.8, 4) is 0 Å². The highest BCUT2D eigenvalue weighted by molar-refractivity contribution is 5.80. The zero-order valence-corrected chi connectivity index (χ0v) is 15.6. The van der Waals surface area contributed by atoms with Crippen LogP contribution in [0.3, 0.4) is 0 Å². The molecule has 2 N–H and O–H groups in total. The molecule has 1 fully saturated rings. The molecule has 0 spiro atoms. The Morgan fingerprint density at radius 3 is 2.65 bits per heavy atom. The highest BCUT2D eigenvalue weighted by Crippen LogP contribution is 2.21. The third kappa shape index (κ3) is 7.99. The Morgan fingerprint density at radius 2 is 2.13 bits per heavy atom. The Hall–Kier alpha value is -0.850. The van der Waals surface area contributed by atoms with E-state index in [1.807, 2.05) is 0 Å². The van der Waals surface area contributed by atoms with E-state index in [2.05, 4.69) is 50.2 Å². The topological polar surface area (TPSA) is 64.1 Å². The molecular weight excluding hydrogens is 294 g/mol. The van der Waals surface area contributed by atoms with E-state index in [0.717, 1.165) is 25.5 Å². The number of hydrogen-bond donors (Lipinski definition) is 2. The largest absolute Gasteiger partial charge is 0.379 e. The molecule has 23 heavy (non-hydrogen) atoms. The quantitative estimate of drug-likeness (QED) is 0.525. The first-order valence-corrected chi connectivity index (χ1v) is 8.63. The van der Waals surface area contributed by atoms with Gasteiger partial charge in [0, 0.05) is 26.3 Å². The van der Waals surface area contributed by atoms with E-state index in [1.54, 1.807) is 7.11 Å². The Balaban J connectivity index is 2.46. The molecule has 1 heterocycles. The molecule has 1 saturated heterocycles. The molecule has 0 amide bonds. The summed E-state index contributed by atoms with van der Waals surface area (Å²) in [5.41, 5.74) is 0.0623. The maximum absolute atomic E-state index is 5.85. The average Bonchev–Trinajstić information content (AvgIpc) is 2.97. The molecular formula is C17H35N3O3. The van der Waals surface area contributed by atoms with Gasteiger partial charge in [0.1, 0.15) is 0 Å². The van der Waals surface area contributed by atoms with Crippen LogP contribution < -0.4 is 10.6 Å². The molecule has 136 valence electrons. The molecule has 3 unspecified atom stereocenters. The van der Waals surface area contributed by atoms with Crippen LogP contribution >= 0.6 is 0 Å². The molecule has 0 aliphatic carbocycles. The first kappa shape index (κ1) is 20.2. The highest BCUT2D eigenvalue weighted by Gasteiger charge is 2.24. The van der Waals surface area contributed by atoms with Gasteiger partial charge in [-0.1, -0.05) is 20.8 Å². The first-order valence-electron chi connectivity index (χ1n) is 8.63. The van der Waals surface area contributed by atoms with Gasteiger partial charge in [-0.15, -0.1) is 0 Å². The zero-order chi connectivity index (χ0) is 17.3. The second kappa shape index (κ2) is 10.1. The molecule has 0 aromatic heterocycles. The molecule has 1 aliphatic heterocycles. The van der Waals surface area contributed by atoms with Crippen LogP contribution in [0, 0.1) is 5.41 Å². The van der Waals surface area contributed by atoms with Gasteiger partial charge in [0.25, 0.3) is 0 Å². The number of nitrogens with one attached hydrogen (secondary N) is 2. The number of rotatable bonds is 8. The smallest absolute Gasteiger partial charge is 0.191 e. The van der Waals surface area contributed by atoms with Gasteiger partial charge >= 0.3 is 0 Å². The van der Waals surface area contributed by atoms with Crippen LogP contribution in [0.5, 0.6) is 0 Å². The fraction of sp³-hybridized carbons (Fsp3) is 0.941. The van der Waals surface area contributed by atoms with Crippen LogP contribution in [-0.2, 0) is 14.2 Å². The minimum Gasteiger partial charge on any atom is -0.379 e. The summed E-state index contributed by atoms with van der Waals surface area (Å²) >= 11 is 0. The SMILES string of the molecule is CCNC(=NCC(OC)C(C)(C)C)NC(C)COC1CCOC1. The number of ether oxygens (including phenoxy) is 3. The van der Waals surface area contributed by atoms with Gasteiger partial charge in [-0.05, 0) is 25.7 Å². The van der Waals surface area contributed by atoms with E-state index < -0.39 is 0 Å². The lowest BCUT2D eigenvalue weighted by molar-refractivity contribution is 0.0239. The molecule has 1 aliphatic rings. The lowest BCUT2D eigenvalue weighted by Gasteiger charge is -2.28. The Morgan fingerprint density at radius 1 is 1.39 bits per heavy atom. The molecule has 0 bridgehead atoms. The van der Waals surface area contributed by atoms with Crippen molar-refractivity contribution < 1.29 is 14.2 Å². The second-order valence-corrected chi connectivity index (χ2v) is 7.17. The Labute approximate surface area is 141 Å². The maximum atomic E-state index is 5.85. The van der Waals surface area contributed by atoms with E-state index in [-0.39, 0.29) is 23.7 Å². The van der Waals surface area contributed by atoms with Crippen LogP contribution in [0.1, 0.15) is 41.0 Å². The Kier molecular flexibility index (Phi) is 8.87. The van der Waals surface area contributed by atoms with Gasteiger partial charge in [-0.2, -0.15) is 0 Å². The van der Waals surface area contributed by atoms with Crippen molar-refractivity contribution in [2.24, 2.45) is 10.4 Å². The summed E-state index contributed by atoms with van der Waals surface area (Å²) in [5, 5.41) is 6.67. The van der Waals surface area contributed by atoms with Gasteiger partial charge in [0.05, 0.1) is 32.0 Å². The summed E-state index contributed by atoms with van der Waals surface area (Å²) in [5.74, 6) is 0.803. The summed E-state index contributed by atoms with van der Waals surface area (Å²) in [6, 6.07) is 0.184. The third-order valence-corrected chi connectivity index (χ3v) is 3.86. The summed E-state index contributed by atoms with van der Waals surface area (Å²) in [6.45, 7) is 14.3. The minimum atomic E-state index is 0.0623. The summed E-state index contributed by atoms with van der Waals surface area (Å²) in [4.78, 5) is 4.66. The van der Waals surface area contributed by atoms with E-state index in [4.69, 9.17) is 14.2 Å². The molecule has 3 atom stereocenters. The van der Waals surface area contributed by atoms with Gasteiger partial charge in [0.15, 0.2) is 5.96 Å². The molecule has 6 heteroatoms. The molecule has 0 saturated carbocycles. The predicted molar refractivity (Wildman–Crippen MR) is 94.0 cm³/mol. The van der Waals surface area contributed by atoms with Crippen LogP contribution in [0.15, 0.2) is 4.99 Å². The number of guanidine groups is 1. The van der Waals surface area contributed by atoms with E-state index in [1.165, 1.54) is 0 Å². The van der Waals surface area contributed by atoms with Gasteiger partial charge in [0.2, 0.25) is 0 Å². The monoisotopic (exact) mass is 329 g/mol. The second-order valence-electron chi connectivity index (χ2n) is 7.17. The molecule has 0 aromatic rings. The standard InChI is InChI=1S/C17H35N3O3/c1-7-18-16(19-10-15(21-6)17(3,4)5)20-13(2)11-23-14-8-9-22-12-14/h13-15H,7-12H2,1-6H3,(H2,18,19,20). The highest BCUT2D eigenvalue weighted by atomic mass is 16.5. The third-order valence-electron chi connectivity index (χ3n) is 3.86. The van der Waals surface area contributed by atoms with Crippen molar-refractivity contribution in [3.05, 3.63) is 0 Å². The number of hydrogen-bond acceptors (Lipinski definition) is 4. The normalized spacial score (nSPS) is 22.0. The number of aliphatic imine (C=N–C) groups is 1. The van der Waals surface area contributed by atoms with Crippen LogP contribution in [0.25, 0.3) is 0 Å². The van der Waals surface area contributed by atoms with Gasteiger partial charge in [-0.3, -0.25) is 4.99 Å². The number of nitrogens with zero attached hydrogens (tertiary/aromatic N) is 1. The van der Waals surface area contributed by atoms with Crippen LogP contribution in [0.4, 0.5) is 0 Å². The van der Waals surface area contributed by atoms with Crippen molar-refractivity contribution in [2.45, 2.75) is 59.3 Å². The van der Waals surface area contributed by atoms with E-state index in [0.29, 0.717) is 19.8 Å². The predicted octanol–water partition coefficient (Wildman–Crippen LogP) is 1.80. The van der Waals surface area contributed by atoms with Gasteiger partial charge < -0.3 is 24.8 Å². The van der Waals surface area contributed by atoms with Crippen molar-refractivity contribution in [3.63, 3.8) is 0 Å². The van der Waals surface area contributed by atoms with Crippen molar-refractivity contribution in [2.75, 3.05) is 40.0 Å². The minimum absolute atomic E-state index is 0.0623. The van der Waals surface area contributed by atoms with E-state index >= 15 is 0 Å². The van der Waals surface area contributed by atoms with Crippen molar-refractivity contribution in [1.29, 1.82) is 0 Å². The maximum Gasteiger partial charge on any atom is 0.191 e. The molecule has 1 rings (SSSR count). The Bertz CT molecular complexity index is 349. The lowest BCUT2D eigenvalue weighted by Crippen LogP contribution is -2.45. The zero-order valence-electron chi connectivity index (χ0n) is 15.6. The fourth-order valence-corrected chi connectivity index (χ4v) is 2.40. The molecule has 0 aromatic carbocycles. The fourth-order valence-electron chi connectivity index (χ4n) is 2.40. The van der Waals surface area contributed by atoms with Crippen LogP contribution in [-0.4, -0.2) is 64.2 Å². The van der Waals surface area contributed by atoms with Gasteiger partial charge in [-0.25, -0.2) is 0 Å². The summed E-state index contributed by atoms with van der Waals surface area (Å²) in [6.07, 6.45) is 1.31. The summed E-state index contributed by atoms with van der Waals surface area (Å²) < 4.78 is 16.7. The van der Waals surface area contributed by atoms with Crippen LogP contribution in [0.2, 0.25) is 0 Å². The first-order chi connectivity index (χ1) is 10.9. The average molecular weight is 329 g/mol. The molecule has 6 nitrogen and oxygen atoms in total. The summed E-state index contributed by atoms with van der Waals surface area (Å²) in [7, 11) is 1.74. The van der Waals surface area contributed by atoms with Crippen molar-refractivity contribution >= 4 is 5.96 Å². The molecule has 0 radical (unpaired) electrons.